The molecule has 0 atom stereocenters. The summed E-state index contributed by atoms with van der Waals surface area (Å²) >= 11 is 0. The number of quaternary nitrogens is 1. The first-order chi connectivity index (χ1) is 7.04. The minimum atomic E-state index is -10.7. The van der Waals surface area contributed by atoms with Crippen molar-refractivity contribution in [2.75, 3.05) is 6.54 Å². The number of nitrogens with one attached hydrogen (secondary N) is 1. The first kappa shape index (κ1) is 19.3. The zero-order chi connectivity index (χ0) is 14.6. The average Bonchev–Trinajstić information content (AvgIpc) is 1.92. The number of hydrogen-bond acceptors (Lipinski definition) is 0. The normalized spacial score (nSPS) is 16.6. The van der Waals surface area contributed by atoms with Crippen LogP contribution in [0.25, 0.3) is 0 Å². The maximum atomic E-state index is 9.87. The molecule has 0 saturated heterocycles. The van der Waals surface area contributed by atoms with E-state index in [4.69, 9.17) is 0 Å². The third-order valence-corrected chi connectivity index (χ3v) is 2.02. The van der Waals surface area contributed by atoms with Crippen LogP contribution in [0, 0.1) is 0 Å². The van der Waals surface area contributed by atoms with Crippen molar-refractivity contribution < 1.29 is 30.1 Å². The molecule has 0 heterocycles. The Morgan fingerprint density at radius 2 is 1.06 bits per heavy atom. The van der Waals surface area contributed by atoms with Crippen molar-refractivity contribution in [3.05, 3.63) is 0 Å². The van der Waals surface area contributed by atoms with E-state index in [1.165, 1.54) is 13.0 Å². The fourth-order valence-electron chi connectivity index (χ4n) is 1.53. The molecule has 0 rings (SSSR count). The van der Waals surface area contributed by atoms with Gasteiger partial charge in [-0.15, -0.1) is 0 Å². The van der Waals surface area contributed by atoms with Crippen molar-refractivity contribution in [1.29, 1.82) is 0 Å². The summed E-state index contributed by atoms with van der Waals surface area (Å²) in [4.78, 5) is 1.72. The van der Waals surface area contributed by atoms with E-state index in [2.05, 4.69) is 34.6 Å². The zero-order valence-corrected chi connectivity index (χ0v) is 11.7. The molecule has 0 aliphatic rings. The second kappa shape index (κ2) is 5.31. The molecule has 1 N–H and O–H groups in total. The van der Waals surface area contributed by atoms with Crippen LogP contribution in [0.2, 0.25) is 0 Å². The fourth-order valence-corrected chi connectivity index (χ4v) is 1.53. The molecule has 1 nitrogen and oxygen atoms in total. The molecule has 0 unspecified atom stereocenters. The van der Waals surface area contributed by atoms with Crippen molar-refractivity contribution in [1.82, 2.24) is 0 Å². The van der Waals surface area contributed by atoms with Crippen LogP contribution in [0.1, 0.15) is 41.0 Å². The molecule has 0 amide bonds. The molecule has 0 aromatic carbocycles. The van der Waals surface area contributed by atoms with E-state index in [0.29, 0.717) is 0 Å². The minimum absolute atomic E-state index is 0.778. The molecule has 17 heavy (non-hydrogen) atoms. The first-order valence-electron chi connectivity index (χ1n) is 5.46. The van der Waals surface area contributed by atoms with Crippen LogP contribution in [0.5, 0.6) is 0 Å². The van der Waals surface area contributed by atoms with Crippen LogP contribution >= 0.6 is 7.81 Å². The zero-order valence-electron chi connectivity index (χ0n) is 10.8. The predicted octanol–water partition coefficient (Wildman–Crippen LogP) is 4.48. The summed E-state index contributed by atoms with van der Waals surface area (Å²) in [7, 11) is -10.7. The number of hydrogen-bond donors (Lipinski definition) is 1. The van der Waals surface area contributed by atoms with E-state index in [-0.39, 0.29) is 0 Å². The Morgan fingerprint density at radius 3 is 1.12 bits per heavy atom. The van der Waals surface area contributed by atoms with Gasteiger partial charge >= 0.3 is 33.0 Å². The molecule has 0 radical (unpaired) electrons. The van der Waals surface area contributed by atoms with Gasteiger partial charge in [-0.05, 0) is 34.1 Å². The van der Waals surface area contributed by atoms with Crippen LogP contribution in [-0.4, -0.2) is 18.6 Å². The summed E-state index contributed by atoms with van der Waals surface area (Å²) in [6.07, 6.45) is 1.30. The summed E-state index contributed by atoms with van der Waals surface area (Å²) in [5, 5.41) is 0. The van der Waals surface area contributed by atoms with Crippen molar-refractivity contribution in [3.8, 4) is 0 Å². The monoisotopic (exact) mass is 289 g/mol. The molecule has 0 saturated carbocycles. The predicted molar refractivity (Wildman–Crippen MR) is 60.0 cm³/mol. The van der Waals surface area contributed by atoms with Gasteiger partial charge in [-0.3, -0.25) is 0 Å². The molecular formula is C9H22F6NP. The second-order valence-electron chi connectivity index (χ2n) is 4.59. The summed E-state index contributed by atoms with van der Waals surface area (Å²) in [5.41, 5.74) is 0. The average molecular weight is 289 g/mol. The molecule has 0 fully saturated rings. The van der Waals surface area contributed by atoms with E-state index in [0.717, 1.165) is 12.1 Å². The maximum absolute atomic E-state index is 10.7. The topological polar surface area (TPSA) is 4.44 Å². The second-order valence-corrected chi connectivity index (χ2v) is 6.51. The Morgan fingerprint density at radius 1 is 0.824 bits per heavy atom. The summed E-state index contributed by atoms with van der Waals surface area (Å²) < 4.78 is 59.2. The van der Waals surface area contributed by atoms with E-state index < -0.39 is 7.81 Å². The van der Waals surface area contributed by atoms with Crippen LogP contribution in [-0.2, 0) is 0 Å². The quantitative estimate of drug-likeness (QED) is 0.575. The van der Waals surface area contributed by atoms with Crippen LogP contribution < -0.4 is 4.90 Å². The molecule has 0 aromatic heterocycles. The fraction of sp³-hybridized carbons (Fsp3) is 1.00. The van der Waals surface area contributed by atoms with Crippen LogP contribution in [0.15, 0.2) is 0 Å². The van der Waals surface area contributed by atoms with Gasteiger partial charge in [-0.2, -0.15) is 0 Å². The van der Waals surface area contributed by atoms with Crippen molar-refractivity contribution in [3.63, 3.8) is 0 Å². The Bertz CT molecular complexity index is 199. The van der Waals surface area contributed by atoms with Crippen molar-refractivity contribution in [2.45, 2.75) is 53.1 Å². The Balaban J connectivity index is 0. The van der Waals surface area contributed by atoms with E-state index in [1.54, 1.807) is 4.90 Å². The molecule has 0 aromatic rings. The summed E-state index contributed by atoms with van der Waals surface area (Å²) in [6.45, 7) is 12.8. The van der Waals surface area contributed by atoms with Gasteiger partial charge in [0, 0.05) is 0 Å². The van der Waals surface area contributed by atoms with Crippen molar-refractivity contribution in [2.24, 2.45) is 0 Å². The molecular weight excluding hydrogens is 267 g/mol. The molecule has 0 bridgehead atoms. The van der Waals surface area contributed by atoms with Crippen LogP contribution in [0.4, 0.5) is 25.2 Å². The van der Waals surface area contributed by atoms with Crippen LogP contribution in [0.3, 0.4) is 0 Å². The molecule has 110 valence electrons. The SMILES string of the molecule is CCC[NH+](C(C)C)C(C)C.F[P-](F)(F)(F)(F)F. The van der Waals surface area contributed by atoms with E-state index >= 15 is 0 Å². The summed E-state index contributed by atoms with van der Waals surface area (Å²) in [5.74, 6) is 0. The van der Waals surface area contributed by atoms with Crippen molar-refractivity contribution >= 4 is 7.81 Å². The number of halogens is 6. The molecule has 0 spiro atoms. The molecule has 0 aliphatic carbocycles. The van der Waals surface area contributed by atoms with Gasteiger partial charge < -0.3 is 4.90 Å². The summed E-state index contributed by atoms with van der Waals surface area (Å²) in [6, 6.07) is 1.56. The Kier molecular flexibility index (Phi) is 6.03. The van der Waals surface area contributed by atoms with Gasteiger partial charge in [0.2, 0.25) is 0 Å². The van der Waals surface area contributed by atoms with Gasteiger partial charge in [0.15, 0.2) is 0 Å². The Hall–Kier alpha value is -0.0300. The standard InChI is InChI=1S/C9H21N.F6P/c1-6-7-10(8(2)3)9(4)5;1-7(2,3,4,5)6/h8-9H,6-7H2,1-5H3;/q;-1/p+1. The van der Waals surface area contributed by atoms with Gasteiger partial charge in [-0.25, -0.2) is 0 Å². The molecule has 0 aliphatic heterocycles. The van der Waals surface area contributed by atoms with Gasteiger partial charge in [0.25, 0.3) is 0 Å². The molecule has 8 heteroatoms. The van der Waals surface area contributed by atoms with Gasteiger partial charge in [0.1, 0.15) is 0 Å². The van der Waals surface area contributed by atoms with E-state index in [1.807, 2.05) is 0 Å². The number of rotatable bonds is 4. The Labute approximate surface area is 98.4 Å². The van der Waals surface area contributed by atoms with Gasteiger partial charge in [0.05, 0.1) is 18.6 Å². The third-order valence-electron chi connectivity index (χ3n) is 2.02. The third kappa shape index (κ3) is 25.9. The first-order valence-corrected chi connectivity index (χ1v) is 7.49. The van der Waals surface area contributed by atoms with Gasteiger partial charge in [-0.1, -0.05) is 6.92 Å². The van der Waals surface area contributed by atoms with E-state index in [9.17, 15) is 25.2 Å².